The Morgan fingerprint density at radius 2 is 1.93 bits per heavy atom. The molecule has 7 heteroatoms. The maximum atomic E-state index is 12.6. The van der Waals surface area contributed by atoms with Gasteiger partial charge in [-0.15, -0.1) is 0 Å². The molecule has 2 heterocycles. The van der Waals surface area contributed by atoms with Crippen molar-refractivity contribution in [2.24, 2.45) is 0 Å². The minimum Gasteiger partial charge on any atom is -0.451 e. The summed E-state index contributed by atoms with van der Waals surface area (Å²) in [7, 11) is 0. The van der Waals surface area contributed by atoms with Crippen molar-refractivity contribution in [3.8, 4) is 0 Å². The highest BCUT2D eigenvalue weighted by atomic mass is 79.9. The maximum absolute atomic E-state index is 12.6. The number of carbonyl (C=O) groups excluding carboxylic acids is 1. The largest absolute Gasteiger partial charge is 0.451 e. The lowest BCUT2D eigenvalue weighted by Gasteiger charge is -2.09. The Labute approximate surface area is 162 Å². The first kappa shape index (κ1) is 17.2. The number of amides is 1. The maximum Gasteiger partial charge on any atom is 0.292 e. The molecule has 0 radical (unpaired) electrons. The zero-order chi connectivity index (χ0) is 18.8. The highest BCUT2D eigenvalue weighted by Gasteiger charge is 2.15. The van der Waals surface area contributed by atoms with Crippen molar-refractivity contribution in [1.29, 1.82) is 0 Å². The summed E-state index contributed by atoms with van der Waals surface area (Å²) >= 11 is 3.33. The number of fused-ring (bicyclic) bond motifs is 1. The molecule has 1 N–H and O–H groups in total. The van der Waals surface area contributed by atoms with E-state index in [1.165, 1.54) is 6.07 Å². The third kappa shape index (κ3) is 3.68. The number of rotatable bonds is 4. The Balaban J connectivity index is 1.61. The fourth-order valence-electron chi connectivity index (χ4n) is 2.74. The van der Waals surface area contributed by atoms with E-state index in [2.05, 4.69) is 26.3 Å². The molecule has 0 aliphatic carbocycles. The minimum absolute atomic E-state index is 0.0574. The molecular weight excluding hydrogens is 410 g/mol. The molecule has 134 valence electrons. The SMILES string of the molecule is O=C(Nc1ccnn1Cc1ccccc1)c1cc(=O)c2ccc(Br)cc2o1. The van der Waals surface area contributed by atoms with Crippen molar-refractivity contribution in [2.45, 2.75) is 6.54 Å². The van der Waals surface area contributed by atoms with Crippen LogP contribution in [0.2, 0.25) is 0 Å². The van der Waals surface area contributed by atoms with Gasteiger partial charge in [-0.2, -0.15) is 5.10 Å². The molecule has 0 aliphatic rings. The van der Waals surface area contributed by atoms with E-state index >= 15 is 0 Å². The molecule has 0 saturated heterocycles. The first-order valence-corrected chi connectivity index (χ1v) is 9.00. The molecule has 4 rings (SSSR count). The molecule has 4 aromatic rings. The van der Waals surface area contributed by atoms with E-state index in [1.54, 1.807) is 35.1 Å². The molecule has 0 saturated carbocycles. The lowest BCUT2D eigenvalue weighted by atomic mass is 10.2. The molecule has 27 heavy (non-hydrogen) atoms. The van der Waals surface area contributed by atoms with Crippen molar-refractivity contribution in [2.75, 3.05) is 5.32 Å². The van der Waals surface area contributed by atoms with Crippen LogP contribution in [0.3, 0.4) is 0 Å². The summed E-state index contributed by atoms with van der Waals surface area (Å²) in [6, 6.07) is 17.7. The van der Waals surface area contributed by atoms with Crippen molar-refractivity contribution >= 4 is 38.6 Å². The number of aromatic nitrogens is 2. The zero-order valence-corrected chi connectivity index (χ0v) is 15.6. The van der Waals surface area contributed by atoms with Crippen LogP contribution in [-0.2, 0) is 6.54 Å². The predicted octanol–water partition coefficient (Wildman–Crippen LogP) is 4.05. The topological polar surface area (TPSA) is 77.1 Å². The van der Waals surface area contributed by atoms with Gasteiger partial charge in [-0.1, -0.05) is 46.3 Å². The van der Waals surface area contributed by atoms with Gasteiger partial charge < -0.3 is 9.73 Å². The number of nitrogens with one attached hydrogen (secondary N) is 1. The van der Waals surface area contributed by atoms with Gasteiger partial charge in [0, 0.05) is 16.6 Å². The quantitative estimate of drug-likeness (QED) is 0.536. The normalized spacial score (nSPS) is 10.9. The van der Waals surface area contributed by atoms with E-state index in [1.807, 2.05) is 30.3 Å². The van der Waals surface area contributed by atoms with E-state index in [9.17, 15) is 9.59 Å². The molecule has 2 aromatic carbocycles. The van der Waals surface area contributed by atoms with Crippen molar-refractivity contribution < 1.29 is 9.21 Å². The number of hydrogen-bond acceptors (Lipinski definition) is 4. The lowest BCUT2D eigenvalue weighted by Crippen LogP contribution is -2.18. The van der Waals surface area contributed by atoms with Crippen LogP contribution in [0.15, 0.2) is 80.5 Å². The Bertz CT molecular complexity index is 1180. The van der Waals surface area contributed by atoms with E-state index in [0.29, 0.717) is 23.3 Å². The number of benzene rings is 2. The van der Waals surface area contributed by atoms with E-state index in [-0.39, 0.29) is 11.2 Å². The second-order valence-corrected chi connectivity index (χ2v) is 6.84. The molecule has 1 amide bonds. The van der Waals surface area contributed by atoms with E-state index in [4.69, 9.17) is 4.42 Å². The van der Waals surface area contributed by atoms with Crippen molar-refractivity contribution in [3.05, 3.63) is 92.9 Å². The zero-order valence-electron chi connectivity index (χ0n) is 14.1. The molecule has 0 unspecified atom stereocenters. The summed E-state index contributed by atoms with van der Waals surface area (Å²) < 4.78 is 8.05. The van der Waals surface area contributed by atoms with Gasteiger partial charge in [0.15, 0.2) is 11.2 Å². The van der Waals surface area contributed by atoms with Gasteiger partial charge in [0.2, 0.25) is 0 Å². The molecule has 6 nitrogen and oxygen atoms in total. The number of anilines is 1. The number of carbonyl (C=O) groups is 1. The van der Waals surface area contributed by atoms with Gasteiger partial charge in [-0.05, 0) is 23.8 Å². The van der Waals surface area contributed by atoms with Crippen LogP contribution in [0, 0.1) is 0 Å². The molecule has 0 bridgehead atoms. The predicted molar refractivity (Wildman–Crippen MR) is 106 cm³/mol. The Morgan fingerprint density at radius 3 is 2.74 bits per heavy atom. The summed E-state index contributed by atoms with van der Waals surface area (Å²) in [5, 5.41) is 7.41. The highest BCUT2D eigenvalue weighted by Crippen LogP contribution is 2.19. The molecule has 0 spiro atoms. The average Bonchev–Trinajstić information content (AvgIpc) is 3.08. The van der Waals surface area contributed by atoms with Crippen LogP contribution in [0.1, 0.15) is 16.1 Å². The summed E-state index contributed by atoms with van der Waals surface area (Å²) in [5.41, 5.74) is 1.13. The highest BCUT2D eigenvalue weighted by molar-refractivity contribution is 9.10. The van der Waals surface area contributed by atoms with Gasteiger partial charge in [0.25, 0.3) is 5.91 Å². The Kier molecular flexibility index (Phi) is 4.60. The molecule has 0 aliphatic heterocycles. The van der Waals surface area contributed by atoms with Gasteiger partial charge in [-0.25, -0.2) is 4.68 Å². The fourth-order valence-corrected chi connectivity index (χ4v) is 3.08. The average molecular weight is 424 g/mol. The smallest absolute Gasteiger partial charge is 0.292 e. The van der Waals surface area contributed by atoms with Crippen LogP contribution >= 0.6 is 15.9 Å². The third-order valence-electron chi connectivity index (χ3n) is 4.05. The van der Waals surface area contributed by atoms with Gasteiger partial charge in [-0.3, -0.25) is 9.59 Å². The standard InChI is InChI=1S/C20H14BrN3O3/c21-14-6-7-15-16(25)11-18(27-17(15)10-14)20(26)23-19-8-9-22-24(19)12-13-4-2-1-3-5-13/h1-11H,12H2,(H,23,26). The van der Waals surface area contributed by atoms with Gasteiger partial charge in [0.1, 0.15) is 11.4 Å². The number of hydrogen-bond donors (Lipinski definition) is 1. The number of halogens is 1. The van der Waals surface area contributed by atoms with Crippen molar-refractivity contribution in [3.63, 3.8) is 0 Å². The molecule has 0 atom stereocenters. The summed E-state index contributed by atoms with van der Waals surface area (Å²) in [6.45, 7) is 0.512. The van der Waals surface area contributed by atoms with Gasteiger partial charge >= 0.3 is 0 Å². The first-order chi connectivity index (χ1) is 13.1. The monoisotopic (exact) mass is 423 g/mol. The second-order valence-electron chi connectivity index (χ2n) is 5.93. The van der Waals surface area contributed by atoms with Crippen LogP contribution in [0.4, 0.5) is 5.82 Å². The Morgan fingerprint density at radius 1 is 1.11 bits per heavy atom. The van der Waals surface area contributed by atoms with Gasteiger partial charge in [0.05, 0.1) is 18.1 Å². The summed E-state index contributed by atoms with van der Waals surface area (Å²) in [4.78, 5) is 24.9. The third-order valence-corrected chi connectivity index (χ3v) is 4.54. The molecule has 0 fully saturated rings. The van der Waals surface area contributed by atoms with Crippen LogP contribution in [-0.4, -0.2) is 15.7 Å². The first-order valence-electron chi connectivity index (χ1n) is 8.21. The second kappa shape index (κ2) is 7.20. The number of nitrogens with zero attached hydrogens (tertiary/aromatic N) is 2. The van der Waals surface area contributed by atoms with Crippen LogP contribution in [0.25, 0.3) is 11.0 Å². The summed E-state index contributed by atoms with van der Waals surface area (Å²) in [5.74, 6) is -0.0531. The summed E-state index contributed by atoms with van der Waals surface area (Å²) in [6.07, 6.45) is 1.60. The van der Waals surface area contributed by atoms with Crippen LogP contribution in [0.5, 0.6) is 0 Å². The molecule has 2 aromatic heterocycles. The van der Waals surface area contributed by atoms with Crippen LogP contribution < -0.4 is 10.7 Å². The van der Waals surface area contributed by atoms with Crippen molar-refractivity contribution in [1.82, 2.24) is 9.78 Å². The Hall–Kier alpha value is -3.19. The lowest BCUT2D eigenvalue weighted by molar-refractivity contribution is 0.0996. The fraction of sp³-hybridized carbons (Fsp3) is 0.0500. The molecular formula is C20H14BrN3O3. The van der Waals surface area contributed by atoms with E-state index in [0.717, 1.165) is 10.0 Å². The van der Waals surface area contributed by atoms with E-state index < -0.39 is 5.91 Å². The minimum atomic E-state index is -0.510.